The molecule has 30 heavy (non-hydrogen) atoms. The van der Waals surface area contributed by atoms with Crippen molar-refractivity contribution in [1.29, 1.82) is 0 Å². The summed E-state index contributed by atoms with van der Waals surface area (Å²) in [5.74, 6) is 0. The number of hydrogen-bond donors (Lipinski definition) is 1. The van der Waals surface area contributed by atoms with Crippen molar-refractivity contribution in [1.82, 2.24) is 5.32 Å². The zero-order valence-electron chi connectivity index (χ0n) is 17.4. The van der Waals surface area contributed by atoms with Crippen LogP contribution in [0.1, 0.15) is 47.7 Å². The van der Waals surface area contributed by atoms with E-state index < -0.39 is 0 Å². The first kappa shape index (κ1) is 22.1. The Morgan fingerprint density at radius 3 is 1.77 bits per heavy atom. The smallest absolute Gasteiger partial charge is 0.186 e. The first-order valence-corrected chi connectivity index (χ1v) is 11.2. The third-order valence-corrected chi connectivity index (χ3v) is 6.18. The van der Waals surface area contributed by atoms with E-state index in [-0.39, 0.29) is 22.4 Å². The summed E-state index contributed by atoms with van der Waals surface area (Å²) in [7, 11) is 0. The van der Waals surface area contributed by atoms with Crippen LogP contribution in [-0.4, -0.2) is 11.2 Å². The molecule has 3 rings (SSSR count). The summed E-state index contributed by atoms with van der Waals surface area (Å²) in [5, 5.41) is 4.11. The molecule has 2 nitrogen and oxygen atoms in total. The van der Waals surface area contributed by atoms with Crippen molar-refractivity contribution in [2.45, 2.75) is 37.1 Å². The topological polar surface area (TPSA) is 29.1 Å². The lowest BCUT2D eigenvalue weighted by molar-refractivity contribution is -0.109. The summed E-state index contributed by atoms with van der Waals surface area (Å²) in [6.07, 6.45) is 3.64. The molecule has 0 saturated heterocycles. The second kappa shape index (κ2) is 11.5. The van der Waals surface area contributed by atoms with E-state index in [0.29, 0.717) is 0 Å². The molecular weight excluding hydrogens is 386 g/mol. The minimum absolute atomic E-state index is 0.0797. The number of carbonyl (C=O) groups is 1. The van der Waals surface area contributed by atoms with Crippen LogP contribution in [0, 0.1) is 0 Å². The first-order chi connectivity index (χ1) is 14.7. The van der Waals surface area contributed by atoms with Gasteiger partial charge in [0, 0.05) is 18.2 Å². The minimum Gasteiger partial charge on any atom is -0.303 e. The zero-order valence-corrected chi connectivity index (χ0v) is 18.2. The quantitative estimate of drug-likeness (QED) is 0.373. The van der Waals surface area contributed by atoms with Gasteiger partial charge in [0.25, 0.3) is 0 Å². The van der Waals surface area contributed by atoms with E-state index in [1.807, 2.05) is 36.4 Å². The highest BCUT2D eigenvalue weighted by Gasteiger charge is 2.23. The van der Waals surface area contributed by atoms with Gasteiger partial charge in [-0.25, -0.2) is 0 Å². The minimum atomic E-state index is 0.0797. The summed E-state index contributed by atoms with van der Waals surface area (Å²) < 4.78 is 0. The molecule has 0 aliphatic carbocycles. The summed E-state index contributed by atoms with van der Waals surface area (Å²) in [6, 6.07) is 31.6. The van der Waals surface area contributed by atoms with E-state index >= 15 is 0 Å². The van der Waals surface area contributed by atoms with Gasteiger partial charge in [0.05, 0.1) is 6.04 Å². The van der Waals surface area contributed by atoms with Crippen LogP contribution in [0.5, 0.6) is 0 Å². The number of benzene rings is 3. The Hall–Kier alpha value is -2.62. The molecule has 0 bridgehead atoms. The van der Waals surface area contributed by atoms with Crippen LogP contribution in [0.4, 0.5) is 0 Å². The van der Waals surface area contributed by atoms with Gasteiger partial charge < -0.3 is 5.32 Å². The summed E-state index contributed by atoms with van der Waals surface area (Å²) >= 11 is 1.41. The van der Waals surface area contributed by atoms with E-state index in [1.165, 1.54) is 28.5 Å². The highest BCUT2D eigenvalue weighted by molar-refractivity contribution is 8.13. The van der Waals surface area contributed by atoms with Crippen molar-refractivity contribution in [2.24, 2.45) is 0 Å². The van der Waals surface area contributed by atoms with Crippen molar-refractivity contribution in [3.63, 3.8) is 0 Å². The van der Waals surface area contributed by atoms with Crippen LogP contribution in [0.3, 0.4) is 0 Å². The van der Waals surface area contributed by atoms with Gasteiger partial charge in [0.1, 0.15) is 0 Å². The molecule has 0 spiro atoms. The molecule has 154 valence electrons. The monoisotopic (exact) mass is 415 g/mol. The molecule has 3 aromatic rings. The van der Waals surface area contributed by atoms with Crippen molar-refractivity contribution in [3.8, 4) is 0 Å². The van der Waals surface area contributed by atoms with Crippen molar-refractivity contribution in [3.05, 3.63) is 120 Å². The molecule has 0 fully saturated rings. The SMILES string of the molecule is C=CC[C@@H](C[C@@H](SC(C)=O)c1ccccc1)NC(c1ccccc1)c1ccccc1. The third-order valence-electron chi connectivity index (χ3n) is 5.10. The lowest BCUT2D eigenvalue weighted by Gasteiger charge is -2.29. The molecule has 0 unspecified atom stereocenters. The fourth-order valence-electron chi connectivity index (χ4n) is 3.72. The molecule has 0 saturated carbocycles. The van der Waals surface area contributed by atoms with E-state index in [0.717, 1.165) is 12.8 Å². The molecule has 3 aromatic carbocycles. The molecule has 0 aliphatic heterocycles. The molecule has 2 atom stereocenters. The predicted octanol–water partition coefficient (Wildman–Crippen LogP) is 6.72. The molecular formula is C27H29NOS. The molecule has 3 heteroatoms. The summed E-state index contributed by atoms with van der Waals surface area (Å²) in [6.45, 7) is 5.63. The Morgan fingerprint density at radius 1 is 0.867 bits per heavy atom. The van der Waals surface area contributed by atoms with Gasteiger partial charge in [-0.1, -0.05) is 109 Å². The maximum Gasteiger partial charge on any atom is 0.186 e. The lowest BCUT2D eigenvalue weighted by atomic mass is 9.95. The van der Waals surface area contributed by atoms with Gasteiger partial charge in [0.2, 0.25) is 0 Å². The van der Waals surface area contributed by atoms with Gasteiger partial charge in [-0.3, -0.25) is 4.79 Å². The number of nitrogens with one attached hydrogen (secondary N) is 1. The standard InChI is InChI=1S/C27H29NOS/c1-3-13-25(20-26(30-21(2)29)22-14-7-4-8-15-22)28-27(23-16-9-5-10-17-23)24-18-11-6-12-19-24/h3-12,14-19,25-28H,1,13,20H2,2H3/t25-,26+/m0/s1. The second-order valence-corrected chi connectivity index (χ2v) is 8.77. The highest BCUT2D eigenvalue weighted by atomic mass is 32.2. The largest absolute Gasteiger partial charge is 0.303 e. The normalized spacial score (nSPS) is 13.0. The van der Waals surface area contributed by atoms with E-state index in [4.69, 9.17) is 0 Å². The Labute approximate surface area is 184 Å². The Balaban J connectivity index is 1.87. The van der Waals surface area contributed by atoms with Crippen LogP contribution in [0.25, 0.3) is 0 Å². The van der Waals surface area contributed by atoms with Crippen LogP contribution in [-0.2, 0) is 4.79 Å². The molecule has 0 radical (unpaired) electrons. The van der Waals surface area contributed by atoms with E-state index in [1.54, 1.807) is 6.92 Å². The molecule has 0 aliphatic rings. The molecule has 0 heterocycles. The Bertz CT molecular complexity index is 872. The van der Waals surface area contributed by atoms with Crippen molar-refractivity contribution < 1.29 is 4.79 Å². The molecule has 1 N–H and O–H groups in total. The van der Waals surface area contributed by atoms with E-state index in [2.05, 4.69) is 72.6 Å². The maximum absolute atomic E-state index is 12.0. The molecule has 0 aromatic heterocycles. The number of rotatable bonds is 10. The van der Waals surface area contributed by atoms with Crippen molar-refractivity contribution in [2.75, 3.05) is 0 Å². The predicted molar refractivity (Wildman–Crippen MR) is 129 cm³/mol. The number of thioether (sulfide) groups is 1. The van der Waals surface area contributed by atoms with Gasteiger partial charge in [-0.2, -0.15) is 0 Å². The average molecular weight is 416 g/mol. The first-order valence-electron chi connectivity index (χ1n) is 10.4. The fraction of sp³-hybridized carbons (Fsp3) is 0.222. The number of carbonyl (C=O) groups excluding carboxylic acids is 1. The van der Waals surface area contributed by atoms with E-state index in [9.17, 15) is 4.79 Å². The van der Waals surface area contributed by atoms with Gasteiger partial charge in [-0.05, 0) is 29.5 Å². The molecule has 0 amide bonds. The van der Waals surface area contributed by atoms with Crippen molar-refractivity contribution >= 4 is 16.9 Å². The maximum atomic E-state index is 12.0. The van der Waals surface area contributed by atoms with Gasteiger partial charge >= 0.3 is 0 Å². The van der Waals surface area contributed by atoms with Gasteiger partial charge in [-0.15, -0.1) is 6.58 Å². The highest BCUT2D eigenvalue weighted by Crippen LogP contribution is 2.35. The van der Waals surface area contributed by atoms with Crippen LogP contribution in [0.2, 0.25) is 0 Å². The lowest BCUT2D eigenvalue weighted by Crippen LogP contribution is -2.34. The van der Waals surface area contributed by atoms with Crippen LogP contribution >= 0.6 is 11.8 Å². The van der Waals surface area contributed by atoms with Gasteiger partial charge in [0.15, 0.2) is 5.12 Å². The van der Waals surface area contributed by atoms with Crippen LogP contribution in [0.15, 0.2) is 104 Å². The Kier molecular flexibility index (Phi) is 8.49. The fourth-order valence-corrected chi connectivity index (χ4v) is 4.75. The Morgan fingerprint density at radius 2 is 1.33 bits per heavy atom. The summed E-state index contributed by atoms with van der Waals surface area (Å²) in [4.78, 5) is 12.0. The summed E-state index contributed by atoms with van der Waals surface area (Å²) in [5.41, 5.74) is 3.64. The third kappa shape index (κ3) is 6.45. The average Bonchev–Trinajstić information content (AvgIpc) is 2.78. The second-order valence-electron chi connectivity index (χ2n) is 7.39. The number of hydrogen-bond acceptors (Lipinski definition) is 3. The van der Waals surface area contributed by atoms with Crippen LogP contribution < -0.4 is 5.32 Å². The zero-order chi connectivity index (χ0) is 21.2.